The van der Waals surface area contributed by atoms with Crippen molar-refractivity contribution < 1.29 is 17.9 Å². The Kier molecular flexibility index (Phi) is 3.24. The number of rotatable bonds is 2. The molecule has 1 rings (SSSR count). The van der Waals surface area contributed by atoms with Gasteiger partial charge in [0, 0.05) is 6.04 Å². The molecule has 0 saturated heterocycles. The Hall–Kier alpha value is -1.23. The number of ether oxygens (including phenoxy) is 1. The Bertz CT molecular complexity index is 347. The van der Waals surface area contributed by atoms with Gasteiger partial charge in [0.05, 0.1) is 12.7 Å². The molecule has 0 aromatic heterocycles. The second-order valence-electron chi connectivity index (χ2n) is 3.28. The summed E-state index contributed by atoms with van der Waals surface area (Å²) in [6, 6.07) is 3.03. The molecule has 0 spiro atoms. The molecule has 0 bridgehead atoms. The van der Waals surface area contributed by atoms with Crippen LogP contribution in [0.25, 0.3) is 0 Å². The van der Waals surface area contributed by atoms with Crippen molar-refractivity contribution >= 4 is 0 Å². The van der Waals surface area contributed by atoms with Crippen LogP contribution < -0.4 is 10.5 Å². The van der Waals surface area contributed by atoms with E-state index in [1.165, 1.54) is 13.2 Å². The first kappa shape index (κ1) is 11.8. The molecule has 2 N–H and O–H groups in total. The van der Waals surface area contributed by atoms with E-state index in [1.54, 1.807) is 6.92 Å². The third-order valence-corrected chi connectivity index (χ3v) is 2.02. The first-order chi connectivity index (χ1) is 6.84. The number of nitrogens with two attached hydrogens (primary N) is 1. The summed E-state index contributed by atoms with van der Waals surface area (Å²) in [6.07, 6.45) is -4.38. The average Bonchev–Trinajstić information content (AvgIpc) is 2.15. The minimum atomic E-state index is -4.38. The van der Waals surface area contributed by atoms with E-state index in [2.05, 4.69) is 0 Å². The van der Waals surface area contributed by atoms with Crippen molar-refractivity contribution in [1.82, 2.24) is 0 Å². The van der Waals surface area contributed by atoms with Gasteiger partial charge in [0.2, 0.25) is 0 Å². The molecule has 15 heavy (non-hydrogen) atoms. The second kappa shape index (κ2) is 4.10. The predicted molar refractivity (Wildman–Crippen MR) is 50.6 cm³/mol. The fourth-order valence-electron chi connectivity index (χ4n) is 1.17. The highest BCUT2D eigenvalue weighted by Gasteiger charge is 2.31. The number of alkyl halides is 3. The lowest BCUT2D eigenvalue weighted by atomic mass is 10.0. The van der Waals surface area contributed by atoms with E-state index < -0.39 is 17.8 Å². The van der Waals surface area contributed by atoms with Gasteiger partial charge >= 0.3 is 6.18 Å². The highest BCUT2D eigenvalue weighted by molar-refractivity contribution is 5.37. The minimum Gasteiger partial charge on any atom is -0.497 e. The first-order valence-electron chi connectivity index (χ1n) is 4.36. The van der Waals surface area contributed by atoms with Gasteiger partial charge in [0.25, 0.3) is 0 Å². The molecule has 0 heterocycles. The summed E-state index contributed by atoms with van der Waals surface area (Å²) >= 11 is 0. The maximum absolute atomic E-state index is 12.5. The molecular weight excluding hydrogens is 207 g/mol. The highest BCUT2D eigenvalue weighted by Crippen LogP contribution is 2.33. The van der Waals surface area contributed by atoms with Crippen LogP contribution in [0, 0.1) is 0 Å². The maximum atomic E-state index is 12.5. The van der Waals surface area contributed by atoms with Crippen LogP contribution in [0.2, 0.25) is 0 Å². The molecular formula is C10H12F3NO. The van der Waals surface area contributed by atoms with E-state index in [-0.39, 0.29) is 5.75 Å². The van der Waals surface area contributed by atoms with Crippen molar-refractivity contribution in [3.63, 3.8) is 0 Å². The molecule has 0 amide bonds. The molecule has 0 aliphatic rings. The minimum absolute atomic E-state index is 0.164. The van der Waals surface area contributed by atoms with Gasteiger partial charge in [-0.2, -0.15) is 13.2 Å². The monoisotopic (exact) mass is 219 g/mol. The summed E-state index contributed by atoms with van der Waals surface area (Å²) in [7, 11) is 1.32. The van der Waals surface area contributed by atoms with Crippen molar-refractivity contribution in [1.29, 1.82) is 0 Å². The summed E-state index contributed by atoms with van der Waals surface area (Å²) in [5, 5.41) is 0. The second-order valence-corrected chi connectivity index (χ2v) is 3.28. The number of halogens is 3. The van der Waals surface area contributed by atoms with Crippen molar-refractivity contribution in [2.24, 2.45) is 5.73 Å². The molecule has 5 heteroatoms. The van der Waals surface area contributed by atoms with Gasteiger partial charge in [-0.15, -0.1) is 0 Å². The van der Waals surface area contributed by atoms with Crippen LogP contribution in [0.4, 0.5) is 13.2 Å². The van der Waals surface area contributed by atoms with Gasteiger partial charge in [-0.05, 0) is 30.7 Å². The molecule has 0 saturated carbocycles. The fraction of sp³-hybridized carbons (Fsp3) is 0.400. The Morgan fingerprint density at radius 2 is 1.87 bits per heavy atom. The Morgan fingerprint density at radius 3 is 2.27 bits per heavy atom. The first-order valence-corrected chi connectivity index (χ1v) is 4.36. The zero-order valence-electron chi connectivity index (χ0n) is 8.43. The molecule has 2 nitrogen and oxygen atoms in total. The van der Waals surface area contributed by atoms with Crippen molar-refractivity contribution in [3.05, 3.63) is 29.3 Å². The van der Waals surface area contributed by atoms with Crippen molar-refractivity contribution in [2.75, 3.05) is 7.11 Å². The standard InChI is InChI=1S/C10H12F3NO/c1-6(14)7-3-8(10(11,12)13)5-9(4-7)15-2/h3-6H,14H2,1-2H3. The van der Waals surface area contributed by atoms with E-state index in [0.717, 1.165) is 12.1 Å². The molecule has 0 fully saturated rings. The number of hydrogen-bond donors (Lipinski definition) is 1. The lowest BCUT2D eigenvalue weighted by Crippen LogP contribution is -2.10. The van der Waals surface area contributed by atoms with E-state index in [1.807, 2.05) is 0 Å². The average molecular weight is 219 g/mol. The summed E-state index contributed by atoms with van der Waals surface area (Å²) < 4.78 is 42.1. The molecule has 1 atom stereocenters. The van der Waals surface area contributed by atoms with Crippen LogP contribution in [0.15, 0.2) is 18.2 Å². The summed E-state index contributed by atoms with van der Waals surface area (Å²) in [4.78, 5) is 0. The molecule has 84 valence electrons. The van der Waals surface area contributed by atoms with Crippen LogP contribution in [0.3, 0.4) is 0 Å². The van der Waals surface area contributed by atoms with Crippen molar-refractivity contribution in [3.8, 4) is 5.75 Å². The van der Waals surface area contributed by atoms with E-state index in [9.17, 15) is 13.2 Å². The van der Waals surface area contributed by atoms with Crippen LogP contribution >= 0.6 is 0 Å². The SMILES string of the molecule is COc1cc(C(C)N)cc(C(F)(F)F)c1. The topological polar surface area (TPSA) is 35.2 Å². The molecule has 0 aliphatic heterocycles. The van der Waals surface area contributed by atoms with Gasteiger partial charge in [0.1, 0.15) is 5.75 Å². The normalized spacial score (nSPS) is 13.7. The molecule has 0 aliphatic carbocycles. The van der Waals surface area contributed by atoms with Gasteiger partial charge < -0.3 is 10.5 Å². The van der Waals surface area contributed by atoms with Crippen LogP contribution in [-0.4, -0.2) is 7.11 Å². The predicted octanol–water partition coefficient (Wildman–Crippen LogP) is 2.73. The largest absolute Gasteiger partial charge is 0.497 e. The molecule has 0 radical (unpaired) electrons. The third kappa shape index (κ3) is 2.86. The molecule has 1 aromatic carbocycles. The summed E-state index contributed by atoms with van der Waals surface area (Å²) in [5.74, 6) is 0.164. The van der Waals surface area contributed by atoms with E-state index >= 15 is 0 Å². The fourth-order valence-corrected chi connectivity index (χ4v) is 1.17. The van der Waals surface area contributed by atoms with E-state index in [4.69, 9.17) is 10.5 Å². The Balaban J connectivity index is 3.23. The highest BCUT2D eigenvalue weighted by atomic mass is 19.4. The zero-order valence-corrected chi connectivity index (χ0v) is 8.43. The smallest absolute Gasteiger partial charge is 0.416 e. The quantitative estimate of drug-likeness (QED) is 0.830. The molecule has 1 aromatic rings. The van der Waals surface area contributed by atoms with Gasteiger partial charge in [-0.25, -0.2) is 0 Å². The summed E-state index contributed by atoms with van der Waals surface area (Å²) in [5.41, 5.74) is 5.19. The Labute approximate surface area is 85.8 Å². The number of benzene rings is 1. The third-order valence-electron chi connectivity index (χ3n) is 2.02. The maximum Gasteiger partial charge on any atom is 0.416 e. The van der Waals surface area contributed by atoms with Gasteiger partial charge in [-0.3, -0.25) is 0 Å². The summed E-state index contributed by atoms with van der Waals surface area (Å²) in [6.45, 7) is 1.62. The lowest BCUT2D eigenvalue weighted by Gasteiger charge is -2.13. The van der Waals surface area contributed by atoms with Gasteiger partial charge in [-0.1, -0.05) is 0 Å². The van der Waals surface area contributed by atoms with Crippen LogP contribution in [0.1, 0.15) is 24.1 Å². The lowest BCUT2D eigenvalue weighted by molar-refractivity contribution is -0.137. The van der Waals surface area contributed by atoms with Crippen LogP contribution in [-0.2, 0) is 6.18 Å². The Morgan fingerprint density at radius 1 is 1.27 bits per heavy atom. The number of hydrogen-bond acceptors (Lipinski definition) is 2. The number of methoxy groups -OCH3 is 1. The van der Waals surface area contributed by atoms with Crippen molar-refractivity contribution in [2.45, 2.75) is 19.1 Å². The van der Waals surface area contributed by atoms with E-state index in [0.29, 0.717) is 5.56 Å². The zero-order chi connectivity index (χ0) is 11.6. The molecule has 1 unspecified atom stereocenters. The van der Waals surface area contributed by atoms with Gasteiger partial charge in [0.15, 0.2) is 0 Å². The van der Waals surface area contributed by atoms with Crippen LogP contribution in [0.5, 0.6) is 5.75 Å².